The summed E-state index contributed by atoms with van der Waals surface area (Å²) < 4.78 is 0.375. The Bertz CT molecular complexity index is 404. The summed E-state index contributed by atoms with van der Waals surface area (Å²) in [6.07, 6.45) is 4.65. The third-order valence-corrected chi connectivity index (χ3v) is 4.27. The molecule has 1 heterocycles. The first-order chi connectivity index (χ1) is 8.04. The highest BCUT2D eigenvalue weighted by atomic mass is 32.2. The predicted molar refractivity (Wildman–Crippen MR) is 72.5 cm³/mol. The molecule has 1 fully saturated rings. The second-order valence-electron chi connectivity index (χ2n) is 4.45. The summed E-state index contributed by atoms with van der Waals surface area (Å²) in [6.45, 7) is 0.879. The van der Waals surface area contributed by atoms with Gasteiger partial charge in [0.05, 0.1) is 0 Å². The quantitative estimate of drug-likeness (QED) is 0.805. The van der Waals surface area contributed by atoms with E-state index in [2.05, 4.69) is 26.5 Å². The average molecular weight is 254 g/mol. The number of nitrogens with two attached hydrogens (primary N) is 1. The van der Waals surface area contributed by atoms with Crippen molar-refractivity contribution < 1.29 is 0 Å². The van der Waals surface area contributed by atoms with Crippen LogP contribution in [0.1, 0.15) is 12.8 Å². The molecule has 3 N–H and O–H groups in total. The lowest BCUT2D eigenvalue weighted by atomic mass is 10.4. The lowest BCUT2D eigenvalue weighted by Crippen LogP contribution is -2.21. The molecular formula is C10H18N6S. The van der Waals surface area contributed by atoms with E-state index < -0.39 is 0 Å². The molecule has 0 aromatic carbocycles. The topological polar surface area (TPSA) is 80.0 Å². The van der Waals surface area contributed by atoms with Gasteiger partial charge in [0, 0.05) is 25.4 Å². The summed E-state index contributed by atoms with van der Waals surface area (Å²) in [4.78, 5) is 14.3. The van der Waals surface area contributed by atoms with Crippen molar-refractivity contribution in [2.24, 2.45) is 0 Å². The average Bonchev–Trinajstić information content (AvgIpc) is 3.06. The zero-order valence-electron chi connectivity index (χ0n) is 10.4. The fourth-order valence-corrected chi connectivity index (χ4v) is 2.22. The fourth-order valence-electron chi connectivity index (χ4n) is 1.49. The van der Waals surface area contributed by atoms with Crippen LogP contribution in [0.3, 0.4) is 0 Å². The van der Waals surface area contributed by atoms with E-state index in [9.17, 15) is 0 Å². The van der Waals surface area contributed by atoms with Crippen molar-refractivity contribution in [3.8, 4) is 0 Å². The summed E-state index contributed by atoms with van der Waals surface area (Å²) in [7, 11) is 3.76. The van der Waals surface area contributed by atoms with E-state index in [4.69, 9.17) is 5.73 Å². The summed E-state index contributed by atoms with van der Waals surface area (Å²) in [5.41, 5.74) is 5.65. The molecule has 94 valence electrons. The normalized spacial score (nSPS) is 16.6. The number of aromatic nitrogens is 3. The smallest absolute Gasteiger partial charge is 0.231 e. The van der Waals surface area contributed by atoms with Crippen molar-refractivity contribution >= 4 is 29.6 Å². The highest BCUT2D eigenvalue weighted by Gasteiger charge is 2.41. The fraction of sp³-hybridized carbons (Fsp3) is 0.700. The predicted octanol–water partition coefficient (Wildman–Crippen LogP) is 0.827. The summed E-state index contributed by atoms with van der Waals surface area (Å²) in [5, 5.41) is 3.24. The standard InChI is InChI=1S/C10H18N6S/c1-16(2)9-14-7(11)13-8(15-9)12-6-10(17-3)4-5-10/h4-6H2,1-3H3,(H3,11,12,13,14,15). The molecule has 1 aliphatic carbocycles. The van der Waals surface area contributed by atoms with Crippen LogP contribution < -0.4 is 16.0 Å². The van der Waals surface area contributed by atoms with Crippen LogP contribution >= 0.6 is 11.8 Å². The van der Waals surface area contributed by atoms with Crippen LogP contribution in [0.15, 0.2) is 0 Å². The summed E-state index contributed by atoms with van der Waals surface area (Å²) in [5.74, 6) is 1.38. The van der Waals surface area contributed by atoms with Crippen LogP contribution in [0.2, 0.25) is 0 Å². The second-order valence-corrected chi connectivity index (χ2v) is 5.73. The van der Waals surface area contributed by atoms with Crippen LogP contribution in [0.4, 0.5) is 17.8 Å². The van der Waals surface area contributed by atoms with Gasteiger partial charge in [-0.3, -0.25) is 0 Å². The van der Waals surface area contributed by atoms with Crippen LogP contribution in [-0.2, 0) is 0 Å². The number of hydrogen-bond acceptors (Lipinski definition) is 7. The van der Waals surface area contributed by atoms with Crippen molar-refractivity contribution in [1.29, 1.82) is 0 Å². The minimum absolute atomic E-state index is 0.250. The Balaban J connectivity index is 2.05. The van der Waals surface area contributed by atoms with Gasteiger partial charge in [0.25, 0.3) is 0 Å². The first-order valence-electron chi connectivity index (χ1n) is 5.52. The summed E-state index contributed by atoms with van der Waals surface area (Å²) >= 11 is 1.90. The van der Waals surface area contributed by atoms with Crippen LogP contribution in [0.25, 0.3) is 0 Å². The Hall–Kier alpha value is -1.24. The Morgan fingerprint density at radius 1 is 1.35 bits per heavy atom. The third-order valence-electron chi connectivity index (χ3n) is 2.85. The van der Waals surface area contributed by atoms with Gasteiger partial charge in [0.15, 0.2) is 0 Å². The van der Waals surface area contributed by atoms with Gasteiger partial charge in [-0.05, 0) is 19.1 Å². The number of thioether (sulfide) groups is 1. The monoisotopic (exact) mass is 254 g/mol. The Morgan fingerprint density at radius 3 is 2.59 bits per heavy atom. The third kappa shape index (κ3) is 2.91. The molecule has 1 aromatic rings. The van der Waals surface area contributed by atoms with E-state index >= 15 is 0 Å². The molecule has 1 saturated carbocycles. The van der Waals surface area contributed by atoms with Gasteiger partial charge in [-0.2, -0.15) is 26.7 Å². The highest BCUT2D eigenvalue weighted by molar-refractivity contribution is 8.00. The van der Waals surface area contributed by atoms with E-state index in [0.717, 1.165) is 6.54 Å². The van der Waals surface area contributed by atoms with Crippen molar-refractivity contribution in [3.63, 3.8) is 0 Å². The molecule has 7 heteroatoms. The maximum absolute atomic E-state index is 5.65. The molecule has 0 spiro atoms. The highest BCUT2D eigenvalue weighted by Crippen LogP contribution is 2.46. The Kier molecular flexibility index (Phi) is 3.28. The van der Waals surface area contributed by atoms with Crippen molar-refractivity contribution in [1.82, 2.24) is 15.0 Å². The number of rotatable bonds is 5. The molecule has 1 aromatic heterocycles. The van der Waals surface area contributed by atoms with Crippen molar-refractivity contribution in [2.75, 3.05) is 42.8 Å². The minimum Gasteiger partial charge on any atom is -0.368 e. The first-order valence-corrected chi connectivity index (χ1v) is 6.75. The lowest BCUT2D eigenvalue weighted by molar-refractivity contribution is 0.905. The molecule has 0 radical (unpaired) electrons. The zero-order chi connectivity index (χ0) is 12.5. The van der Waals surface area contributed by atoms with E-state index in [-0.39, 0.29) is 5.95 Å². The van der Waals surface area contributed by atoms with Crippen LogP contribution in [0.5, 0.6) is 0 Å². The van der Waals surface area contributed by atoms with Gasteiger partial charge in [-0.25, -0.2) is 0 Å². The van der Waals surface area contributed by atoms with Crippen molar-refractivity contribution in [2.45, 2.75) is 17.6 Å². The number of nitrogen functional groups attached to an aromatic ring is 1. The van der Waals surface area contributed by atoms with E-state index in [1.165, 1.54) is 12.8 Å². The van der Waals surface area contributed by atoms with E-state index in [0.29, 0.717) is 16.6 Å². The number of nitrogens with one attached hydrogen (secondary N) is 1. The number of anilines is 3. The molecule has 17 heavy (non-hydrogen) atoms. The minimum atomic E-state index is 0.250. The molecule has 2 rings (SSSR count). The number of hydrogen-bond donors (Lipinski definition) is 2. The molecule has 1 aliphatic rings. The molecule has 0 unspecified atom stereocenters. The van der Waals surface area contributed by atoms with Gasteiger partial charge >= 0.3 is 0 Å². The molecule has 0 aliphatic heterocycles. The van der Waals surface area contributed by atoms with E-state index in [1.54, 1.807) is 0 Å². The first kappa shape index (κ1) is 12.2. The molecular weight excluding hydrogens is 236 g/mol. The largest absolute Gasteiger partial charge is 0.368 e. The van der Waals surface area contributed by atoms with Crippen molar-refractivity contribution in [3.05, 3.63) is 0 Å². The van der Waals surface area contributed by atoms with Gasteiger partial charge in [-0.15, -0.1) is 0 Å². The molecule has 0 atom stereocenters. The summed E-state index contributed by atoms with van der Waals surface area (Å²) in [6, 6.07) is 0. The van der Waals surface area contributed by atoms with Gasteiger partial charge < -0.3 is 16.0 Å². The van der Waals surface area contributed by atoms with Crippen LogP contribution in [-0.4, -0.2) is 46.6 Å². The lowest BCUT2D eigenvalue weighted by Gasteiger charge is -2.15. The van der Waals surface area contributed by atoms with Gasteiger partial charge in [-0.1, -0.05) is 0 Å². The SMILES string of the molecule is CSC1(CNc2nc(N)nc(N(C)C)n2)CC1. The molecule has 6 nitrogen and oxygen atoms in total. The second kappa shape index (κ2) is 4.56. The van der Waals surface area contributed by atoms with E-state index in [1.807, 2.05) is 30.8 Å². The maximum Gasteiger partial charge on any atom is 0.231 e. The Labute approximate surface area is 105 Å². The van der Waals surface area contributed by atoms with Gasteiger partial charge in [0.1, 0.15) is 0 Å². The number of nitrogens with zero attached hydrogens (tertiary/aromatic N) is 4. The molecule has 0 bridgehead atoms. The maximum atomic E-state index is 5.65. The molecule has 0 saturated heterocycles. The van der Waals surface area contributed by atoms with Crippen LogP contribution in [0, 0.1) is 0 Å². The van der Waals surface area contributed by atoms with Gasteiger partial charge in [0.2, 0.25) is 17.8 Å². The zero-order valence-corrected chi connectivity index (χ0v) is 11.2. The molecule has 0 amide bonds. The Morgan fingerprint density at radius 2 is 2.06 bits per heavy atom.